The Bertz CT molecular complexity index is 964. The lowest BCUT2D eigenvalue weighted by Crippen LogP contribution is -1.88. The molecule has 0 aliphatic rings. The van der Waals surface area contributed by atoms with Crippen LogP contribution in [-0.4, -0.2) is 9.97 Å². The van der Waals surface area contributed by atoms with Crippen LogP contribution in [0.15, 0.2) is 72.8 Å². The maximum Gasteiger partial charge on any atom is 0.138 e. The highest BCUT2D eigenvalue weighted by molar-refractivity contribution is 5.82. The van der Waals surface area contributed by atoms with Crippen LogP contribution in [0.2, 0.25) is 0 Å². The topological polar surface area (TPSA) is 80.7 Å². The van der Waals surface area contributed by atoms with Gasteiger partial charge in [-0.1, -0.05) is 54.1 Å². The second kappa shape index (κ2) is 6.41. The van der Waals surface area contributed by atoms with Crippen molar-refractivity contribution in [2.75, 3.05) is 11.5 Å². The molecule has 4 nitrogen and oxygen atoms in total. The SMILES string of the molecule is Cc1ccc(-c2nc(-c3ccc(N)cc3)c(-c3ccc(N)cc3)[nH]2)cc1. The lowest BCUT2D eigenvalue weighted by molar-refractivity contribution is 1.30. The molecule has 1 aromatic heterocycles. The van der Waals surface area contributed by atoms with Crippen molar-refractivity contribution in [1.82, 2.24) is 9.97 Å². The van der Waals surface area contributed by atoms with Crippen molar-refractivity contribution in [3.05, 3.63) is 78.4 Å². The van der Waals surface area contributed by atoms with Crippen LogP contribution in [0.3, 0.4) is 0 Å². The zero-order valence-electron chi connectivity index (χ0n) is 14.5. The highest BCUT2D eigenvalue weighted by atomic mass is 14.9. The van der Waals surface area contributed by atoms with Gasteiger partial charge in [0.1, 0.15) is 5.82 Å². The third kappa shape index (κ3) is 3.05. The summed E-state index contributed by atoms with van der Waals surface area (Å²) < 4.78 is 0. The van der Waals surface area contributed by atoms with Gasteiger partial charge in [0.2, 0.25) is 0 Å². The van der Waals surface area contributed by atoms with E-state index in [2.05, 4.69) is 36.2 Å². The van der Waals surface area contributed by atoms with E-state index in [1.165, 1.54) is 5.56 Å². The van der Waals surface area contributed by atoms with Crippen molar-refractivity contribution in [2.24, 2.45) is 0 Å². The zero-order valence-corrected chi connectivity index (χ0v) is 14.5. The largest absolute Gasteiger partial charge is 0.399 e. The van der Waals surface area contributed by atoms with Gasteiger partial charge in [0.05, 0.1) is 11.4 Å². The van der Waals surface area contributed by atoms with E-state index in [1.54, 1.807) is 0 Å². The summed E-state index contributed by atoms with van der Waals surface area (Å²) in [5.74, 6) is 0.837. The number of nitrogen functional groups attached to an aromatic ring is 2. The predicted molar refractivity (Wildman–Crippen MR) is 108 cm³/mol. The molecule has 0 saturated heterocycles. The Morgan fingerprint density at radius 2 is 1.15 bits per heavy atom. The normalized spacial score (nSPS) is 10.8. The van der Waals surface area contributed by atoms with Gasteiger partial charge in [0.15, 0.2) is 0 Å². The molecule has 0 spiro atoms. The maximum absolute atomic E-state index is 5.84. The molecule has 0 aliphatic heterocycles. The molecule has 0 bridgehead atoms. The summed E-state index contributed by atoms with van der Waals surface area (Å²) in [6.07, 6.45) is 0. The summed E-state index contributed by atoms with van der Waals surface area (Å²) in [6.45, 7) is 2.07. The smallest absolute Gasteiger partial charge is 0.138 e. The van der Waals surface area contributed by atoms with Gasteiger partial charge in [-0.2, -0.15) is 0 Å². The first kappa shape index (κ1) is 16.0. The molecule has 4 rings (SSSR count). The molecule has 0 atom stereocenters. The summed E-state index contributed by atoms with van der Waals surface area (Å²) in [4.78, 5) is 8.36. The van der Waals surface area contributed by atoms with Crippen LogP contribution in [0.5, 0.6) is 0 Å². The Morgan fingerprint density at radius 3 is 1.73 bits per heavy atom. The van der Waals surface area contributed by atoms with E-state index in [-0.39, 0.29) is 0 Å². The number of aryl methyl sites for hydroxylation is 1. The van der Waals surface area contributed by atoms with Gasteiger partial charge in [0.25, 0.3) is 0 Å². The summed E-state index contributed by atoms with van der Waals surface area (Å²) in [5, 5.41) is 0. The van der Waals surface area contributed by atoms with Crippen molar-refractivity contribution in [1.29, 1.82) is 0 Å². The Hall–Kier alpha value is -3.53. The maximum atomic E-state index is 5.84. The molecule has 0 aliphatic carbocycles. The minimum Gasteiger partial charge on any atom is -0.399 e. The minimum absolute atomic E-state index is 0.733. The third-order valence-electron chi connectivity index (χ3n) is 4.41. The minimum atomic E-state index is 0.733. The molecule has 4 aromatic rings. The first-order valence-corrected chi connectivity index (χ1v) is 8.49. The highest BCUT2D eigenvalue weighted by Gasteiger charge is 2.15. The fourth-order valence-corrected chi connectivity index (χ4v) is 2.93. The summed E-state index contributed by atoms with van der Waals surface area (Å²) in [6, 6.07) is 23.9. The predicted octanol–water partition coefficient (Wildman–Crippen LogP) is 4.88. The van der Waals surface area contributed by atoms with Crippen LogP contribution in [0.4, 0.5) is 11.4 Å². The van der Waals surface area contributed by atoms with Gasteiger partial charge >= 0.3 is 0 Å². The fraction of sp³-hybridized carbons (Fsp3) is 0.0455. The molecule has 4 heteroatoms. The molecule has 0 unspecified atom stereocenters. The van der Waals surface area contributed by atoms with Crippen molar-refractivity contribution in [3.63, 3.8) is 0 Å². The van der Waals surface area contributed by atoms with Gasteiger partial charge in [-0.05, 0) is 31.2 Å². The van der Waals surface area contributed by atoms with E-state index >= 15 is 0 Å². The number of imidazole rings is 1. The van der Waals surface area contributed by atoms with Gasteiger partial charge < -0.3 is 16.5 Å². The molecular weight excluding hydrogens is 320 g/mol. The molecule has 5 N–H and O–H groups in total. The van der Waals surface area contributed by atoms with Crippen molar-refractivity contribution >= 4 is 11.4 Å². The lowest BCUT2D eigenvalue weighted by atomic mass is 10.0. The number of rotatable bonds is 3. The molecule has 1 heterocycles. The Labute approximate surface area is 152 Å². The molecule has 26 heavy (non-hydrogen) atoms. The van der Waals surface area contributed by atoms with E-state index in [0.29, 0.717) is 0 Å². The van der Waals surface area contributed by atoms with E-state index in [4.69, 9.17) is 16.5 Å². The molecule has 0 amide bonds. The monoisotopic (exact) mass is 340 g/mol. The van der Waals surface area contributed by atoms with Crippen LogP contribution in [0.25, 0.3) is 33.9 Å². The molecule has 0 radical (unpaired) electrons. The lowest BCUT2D eigenvalue weighted by Gasteiger charge is -2.04. The summed E-state index contributed by atoms with van der Waals surface area (Å²) in [7, 11) is 0. The van der Waals surface area contributed by atoms with E-state index < -0.39 is 0 Å². The number of hydrogen-bond donors (Lipinski definition) is 3. The van der Waals surface area contributed by atoms with Gasteiger partial charge in [-0.25, -0.2) is 4.98 Å². The van der Waals surface area contributed by atoms with E-state index in [9.17, 15) is 0 Å². The number of H-pyrrole nitrogens is 1. The molecular formula is C22H20N4. The summed E-state index contributed by atoms with van der Waals surface area (Å²) >= 11 is 0. The number of nitrogens with zero attached hydrogens (tertiary/aromatic N) is 1. The number of hydrogen-bond acceptors (Lipinski definition) is 3. The molecule has 3 aromatic carbocycles. The number of nitrogens with two attached hydrogens (primary N) is 2. The van der Waals surface area contributed by atoms with Crippen LogP contribution in [0.1, 0.15) is 5.56 Å². The second-order valence-electron chi connectivity index (χ2n) is 6.42. The number of nitrogens with one attached hydrogen (secondary N) is 1. The number of aromatic nitrogens is 2. The van der Waals surface area contributed by atoms with Gasteiger partial charge in [0, 0.05) is 28.1 Å². The second-order valence-corrected chi connectivity index (χ2v) is 6.42. The van der Waals surface area contributed by atoms with Crippen molar-refractivity contribution < 1.29 is 0 Å². The van der Waals surface area contributed by atoms with Crippen molar-refractivity contribution in [3.8, 4) is 33.9 Å². The zero-order chi connectivity index (χ0) is 18.1. The number of aromatic amines is 1. The first-order valence-electron chi connectivity index (χ1n) is 8.49. The van der Waals surface area contributed by atoms with Crippen LogP contribution in [-0.2, 0) is 0 Å². The van der Waals surface area contributed by atoms with Crippen LogP contribution >= 0.6 is 0 Å². The van der Waals surface area contributed by atoms with Gasteiger partial charge in [-0.3, -0.25) is 0 Å². The molecule has 0 fully saturated rings. The average Bonchev–Trinajstić information content (AvgIpc) is 3.09. The first-order chi connectivity index (χ1) is 12.6. The average molecular weight is 340 g/mol. The Balaban J connectivity index is 1.88. The quantitative estimate of drug-likeness (QED) is 0.465. The van der Waals surface area contributed by atoms with Crippen LogP contribution < -0.4 is 11.5 Å². The molecule has 0 saturated carbocycles. The number of benzene rings is 3. The fourth-order valence-electron chi connectivity index (χ4n) is 2.93. The van der Waals surface area contributed by atoms with Crippen molar-refractivity contribution in [2.45, 2.75) is 6.92 Å². The third-order valence-corrected chi connectivity index (χ3v) is 4.41. The highest BCUT2D eigenvalue weighted by Crippen LogP contribution is 2.33. The summed E-state index contributed by atoms with van der Waals surface area (Å²) in [5.41, 5.74) is 19.3. The number of anilines is 2. The standard InChI is InChI=1S/C22H20N4/c1-14-2-4-17(5-3-14)22-25-20(15-6-10-18(23)11-7-15)21(26-22)16-8-12-19(24)13-9-16/h2-13H,23-24H2,1H3,(H,25,26). The Kier molecular flexibility index (Phi) is 3.93. The van der Waals surface area contributed by atoms with E-state index in [1.807, 2.05) is 48.5 Å². The van der Waals surface area contributed by atoms with E-state index in [0.717, 1.165) is 45.3 Å². The molecule has 128 valence electrons. The van der Waals surface area contributed by atoms with Gasteiger partial charge in [-0.15, -0.1) is 0 Å². The Morgan fingerprint density at radius 1 is 0.654 bits per heavy atom. The van der Waals surface area contributed by atoms with Crippen LogP contribution in [0, 0.1) is 6.92 Å².